The summed E-state index contributed by atoms with van der Waals surface area (Å²) < 4.78 is 0. The molecular weight excluding hydrogens is 314 g/mol. The predicted molar refractivity (Wildman–Crippen MR) is 98.2 cm³/mol. The van der Waals surface area contributed by atoms with Crippen LogP contribution in [0.25, 0.3) is 0 Å². The van der Waals surface area contributed by atoms with Crippen molar-refractivity contribution in [2.75, 3.05) is 10.7 Å². The van der Waals surface area contributed by atoms with E-state index in [1.54, 1.807) is 18.3 Å². The number of carboxylic acid groups (broad SMARTS) is 1. The molecule has 0 unspecified atom stereocenters. The van der Waals surface area contributed by atoms with Crippen molar-refractivity contribution in [3.8, 4) is 0 Å². The van der Waals surface area contributed by atoms with Crippen LogP contribution >= 0.6 is 0 Å². The molecule has 3 aromatic carbocycles. The van der Waals surface area contributed by atoms with Gasteiger partial charge >= 0.3 is 0 Å². The lowest BCUT2D eigenvalue weighted by molar-refractivity contribution is -0.255. The second-order valence-electron chi connectivity index (χ2n) is 5.35. The summed E-state index contributed by atoms with van der Waals surface area (Å²) in [5.41, 5.74) is 6.43. The number of para-hydroxylation sites is 1. The summed E-state index contributed by atoms with van der Waals surface area (Å²) in [6, 6.07) is 24.0. The fourth-order valence-corrected chi connectivity index (χ4v) is 2.24. The SMILES string of the molecule is O=C([O-])c1cccc(N/N=C\c2ccc(Nc3ccccc3)cc2)c1. The van der Waals surface area contributed by atoms with E-state index in [0.717, 1.165) is 16.9 Å². The molecule has 25 heavy (non-hydrogen) atoms. The maximum atomic E-state index is 10.8. The number of hydrazone groups is 1. The Labute approximate surface area is 145 Å². The Hall–Kier alpha value is -3.60. The van der Waals surface area contributed by atoms with Crippen molar-refractivity contribution in [1.82, 2.24) is 0 Å². The summed E-state index contributed by atoms with van der Waals surface area (Å²) in [7, 11) is 0. The molecule has 124 valence electrons. The molecule has 5 heteroatoms. The zero-order chi connectivity index (χ0) is 17.5. The van der Waals surface area contributed by atoms with Gasteiger partial charge in [-0.25, -0.2) is 0 Å². The smallest absolute Gasteiger partial charge is 0.0716 e. The third-order valence-corrected chi connectivity index (χ3v) is 3.48. The van der Waals surface area contributed by atoms with E-state index >= 15 is 0 Å². The van der Waals surface area contributed by atoms with Gasteiger partial charge in [-0.05, 0) is 47.5 Å². The van der Waals surface area contributed by atoms with Crippen molar-refractivity contribution < 1.29 is 9.90 Å². The van der Waals surface area contributed by atoms with E-state index in [9.17, 15) is 9.90 Å². The largest absolute Gasteiger partial charge is 0.545 e. The third kappa shape index (κ3) is 4.68. The average Bonchev–Trinajstić information content (AvgIpc) is 2.64. The van der Waals surface area contributed by atoms with Crippen molar-refractivity contribution in [2.24, 2.45) is 5.10 Å². The first-order valence-electron chi connectivity index (χ1n) is 7.73. The van der Waals surface area contributed by atoms with Crippen molar-refractivity contribution in [3.05, 3.63) is 90.0 Å². The molecular formula is C20H16N3O2-. The first-order chi connectivity index (χ1) is 12.2. The Morgan fingerprint density at radius 3 is 2.24 bits per heavy atom. The molecule has 0 aliphatic rings. The number of hydrogen-bond donors (Lipinski definition) is 2. The molecule has 0 aliphatic heterocycles. The lowest BCUT2D eigenvalue weighted by atomic mass is 10.2. The molecule has 0 atom stereocenters. The minimum atomic E-state index is -1.21. The van der Waals surface area contributed by atoms with Crippen LogP contribution in [0.3, 0.4) is 0 Å². The summed E-state index contributed by atoms with van der Waals surface area (Å²) in [5.74, 6) is -1.21. The number of carbonyl (C=O) groups excluding carboxylic acids is 1. The van der Waals surface area contributed by atoms with E-state index in [1.165, 1.54) is 12.1 Å². The number of hydrogen-bond acceptors (Lipinski definition) is 5. The second-order valence-corrected chi connectivity index (χ2v) is 5.35. The molecule has 3 aromatic rings. The highest BCUT2D eigenvalue weighted by molar-refractivity contribution is 5.87. The highest BCUT2D eigenvalue weighted by Gasteiger charge is 1.96. The van der Waals surface area contributed by atoms with Crippen LogP contribution in [0, 0.1) is 0 Å². The van der Waals surface area contributed by atoms with Crippen LogP contribution in [0.2, 0.25) is 0 Å². The fourth-order valence-electron chi connectivity index (χ4n) is 2.24. The maximum Gasteiger partial charge on any atom is 0.0716 e. The van der Waals surface area contributed by atoms with E-state index in [1.807, 2.05) is 54.6 Å². The van der Waals surface area contributed by atoms with E-state index in [0.29, 0.717) is 5.69 Å². The normalized spacial score (nSPS) is 10.6. The van der Waals surface area contributed by atoms with Gasteiger partial charge in [0.25, 0.3) is 0 Å². The number of rotatable bonds is 6. The van der Waals surface area contributed by atoms with Crippen LogP contribution in [0.4, 0.5) is 17.1 Å². The van der Waals surface area contributed by atoms with Gasteiger partial charge in [0.15, 0.2) is 0 Å². The molecule has 0 saturated carbocycles. The molecule has 3 rings (SSSR count). The standard InChI is InChI=1S/C20H17N3O2/c24-20(25)16-5-4-8-19(13-16)23-21-14-15-9-11-18(12-10-15)22-17-6-2-1-3-7-17/h1-14,22-23H,(H,24,25)/p-1/b21-14-. The third-order valence-electron chi connectivity index (χ3n) is 3.48. The van der Waals surface area contributed by atoms with Crippen molar-refractivity contribution in [1.29, 1.82) is 0 Å². The molecule has 0 saturated heterocycles. The lowest BCUT2D eigenvalue weighted by Crippen LogP contribution is -2.22. The minimum Gasteiger partial charge on any atom is -0.545 e. The highest BCUT2D eigenvalue weighted by atomic mass is 16.4. The fraction of sp³-hybridized carbons (Fsp3) is 0. The average molecular weight is 330 g/mol. The molecule has 5 nitrogen and oxygen atoms in total. The quantitative estimate of drug-likeness (QED) is 0.537. The van der Waals surface area contributed by atoms with Gasteiger partial charge in [0.1, 0.15) is 0 Å². The minimum absolute atomic E-state index is 0.108. The maximum absolute atomic E-state index is 10.8. The molecule has 0 fully saturated rings. The summed E-state index contributed by atoms with van der Waals surface area (Å²) in [4.78, 5) is 10.8. The van der Waals surface area contributed by atoms with E-state index in [-0.39, 0.29) is 5.56 Å². The van der Waals surface area contributed by atoms with Crippen LogP contribution in [-0.2, 0) is 0 Å². The Morgan fingerprint density at radius 1 is 0.840 bits per heavy atom. The van der Waals surface area contributed by atoms with Crippen LogP contribution in [-0.4, -0.2) is 12.2 Å². The molecule has 0 aromatic heterocycles. The number of nitrogens with one attached hydrogen (secondary N) is 2. The van der Waals surface area contributed by atoms with Crippen molar-refractivity contribution >= 4 is 29.2 Å². The molecule has 0 heterocycles. The van der Waals surface area contributed by atoms with E-state index in [2.05, 4.69) is 15.8 Å². The van der Waals surface area contributed by atoms with Gasteiger partial charge in [0.05, 0.1) is 17.9 Å². The molecule has 0 radical (unpaired) electrons. The predicted octanol–water partition coefficient (Wildman–Crippen LogP) is 3.24. The van der Waals surface area contributed by atoms with Crippen molar-refractivity contribution in [3.63, 3.8) is 0 Å². The summed E-state index contributed by atoms with van der Waals surface area (Å²) in [6.07, 6.45) is 1.66. The number of aromatic carboxylic acids is 1. The van der Waals surface area contributed by atoms with Crippen LogP contribution in [0.5, 0.6) is 0 Å². The zero-order valence-corrected chi connectivity index (χ0v) is 13.3. The van der Waals surface area contributed by atoms with Gasteiger partial charge < -0.3 is 15.2 Å². The topological polar surface area (TPSA) is 76.5 Å². The van der Waals surface area contributed by atoms with Gasteiger partial charge in [-0.3, -0.25) is 5.43 Å². The van der Waals surface area contributed by atoms with Gasteiger partial charge in [0.2, 0.25) is 0 Å². The molecule has 0 bridgehead atoms. The highest BCUT2D eigenvalue weighted by Crippen LogP contribution is 2.16. The Kier molecular flexibility index (Phi) is 5.07. The van der Waals surface area contributed by atoms with E-state index in [4.69, 9.17) is 0 Å². The second kappa shape index (κ2) is 7.79. The van der Waals surface area contributed by atoms with Crippen molar-refractivity contribution in [2.45, 2.75) is 0 Å². The van der Waals surface area contributed by atoms with Crippen LogP contribution in [0.1, 0.15) is 15.9 Å². The van der Waals surface area contributed by atoms with Crippen LogP contribution < -0.4 is 15.8 Å². The number of nitrogens with zero attached hydrogens (tertiary/aromatic N) is 1. The lowest BCUT2D eigenvalue weighted by Gasteiger charge is -2.06. The van der Waals surface area contributed by atoms with Gasteiger partial charge in [0, 0.05) is 11.4 Å². The molecule has 0 amide bonds. The summed E-state index contributed by atoms with van der Waals surface area (Å²) in [6.45, 7) is 0. The number of carbonyl (C=O) groups is 1. The first kappa shape index (κ1) is 16.3. The Bertz CT molecular complexity index is 875. The number of benzene rings is 3. The van der Waals surface area contributed by atoms with E-state index < -0.39 is 5.97 Å². The number of anilines is 3. The van der Waals surface area contributed by atoms with Gasteiger partial charge in [-0.1, -0.05) is 42.5 Å². The van der Waals surface area contributed by atoms with Crippen LogP contribution in [0.15, 0.2) is 84.0 Å². The Morgan fingerprint density at radius 2 is 1.52 bits per heavy atom. The monoisotopic (exact) mass is 330 g/mol. The summed E-state index contributed by atoms with van der Waals surface area (Å²) >= 11 is 0. The van der Waals surface area contributed by atoms with Gasteiger partial charge in [-0.2, -0.15) is 5.10 Å². The molecule has 2 N–H and O–H groups in total. The molecule has 0 spiro atoms. The zero-order valence-electron chi connectivity index (χ0n) is 13.3. The number of carboxylic acids is 1. The summed E-state index contributed by atoms with van der Waals surface area (Å²) in [5, 5.41) is 18.3. The van der Waals surface area contributed by atoms with Gasteiger partial charge in [-0.15, -0.1) is 0 Å². The molecule has 0 aliphatic carbocycles. The Balaban J connectivity index is 1.60. The first-order valence-corrected chi connectivity index (χ1v) is 7.73.